The van der Waals surface area contributed by atoms with E-state index in [1.54, 1.807) is 0 Å². The summed E-state index contributed by atoms with van der Waals surface area (Å²) in [6.45, 7) is 9.27. The third-order valence-electron chi connectivity index (χ3n) is 4.82. The third-order valence-corrected chi connectivity index (χ3v) is 4.82. The van der Waals surface area contributed by atoms with Crippen LogP contribution in [0.1, 0.15) is 85.0 Å². The Bertz CT molecular complexity index is 200. The highest BCUT2D eigenvalue weighted by Crippen LogP contribution is 2.16. The molecule has 0 radical (unpaired) electrons. The van der Waals surface area contributed by atoms with Gasteiger partial charge in [0.1, 0.15) is 0 Å². The molecular weight excluding hydrogens is 256 g/mol. The fraction of sp³-hybridized carbons (Fsp3) is 1.00. The van der Waals surface area contributed by atoms with Crippen LogP contribution >= 0.6 is 0 Å². The number of likely N-dealkylation sites (N-methyl/N-ethyl adjacent to an activating group) is 1. The molecule has 0 aliphatic rings. The Balaban J connectivity index is 3.54. The molecule has 0 aliphatic carbocycles. The van der Waals surface area contributed by atoms with Gasteiger partial charge in [0.15, 0.2) is 0 Å². The van der Waals surface area contributed by atoms with Crippen LogP contribution in [0.5, 0.6) is 0 Å². The molecule has 0 heterocycles. The van der Waals surface area contributed by atoms with Crippen LogP contribution in [0.15, 0.2) is 0 Å². The molecular formula is C19H42N2. The zero-order chi connectivity index (χ0) is 15.9. The van der Waals surface area contributed by atoms with Crippen molar-refractivity contribution in [2.45, 2.75) is 91.0 Å². The number of nitrogens with zero attached hydrogens (tertiary/aromatic N) is 1. The number of hydrogen-bond acceptors (Lipinski definition) is 2. The van der Waals surface area contributed by atoms with Crippen molar-refractivity contribution >= 4 is 0 Å². The topological polar surface area (TPSA) is 15.3 Å². The molecule has 0 saturated carbocycles. The maximum absolute atomic E-state index is 3.69. The standard InChI is InChI=1S/C19H42N2/c1-6-9-10-11-12-13-14-15-16-20-17-19(21(4)5)18(7-2)8-3/h18-20H,6-17H2,1-5H3. The van der Waals surface area contributed by atoms with Gasteiger partial charge in [0, 0.05) is 12.6 Å². The summed E-state index contributed by atoms with van der Waals surface area (Å²) in [5.41, 5.74) is 0. The van der Waals surface area contributed by atoms with E-state index < -0.39 is 0 Å². The number of nitrogens with one attached hydrogen (secondary N) is 1. The van der Waals surface area contributed by atoms with Crippen LogP contribution in [0.25, 0.3) is 0 Å². The summed E-state index contributed by atoms with van der Waals surface area (Å²) < 4.78 is 0. The number of rotatable bonds is 15. The van der Waals surface area contributed by atoms with Crippen LogP contribution in [0.4, 0.5) is 0 Å². The van der Waals surface area contributed by atoms with Crippen molar-refractivity contribution in [3.8, 4) is 0 Å². The molecule has 0 fully saturated rings. The molecule has 1 unspecified atom stereocenters. The lowest BCUT2D eigenvalue weighted by atomic mass is 9.93. The quantitative estimate of drug-likeness (QED) is 0.424. The summed E-state index contributed by atoms with van der Waals surface area (Å²) in [7, 11) is 4.45. The van der Waals surface area contributed by atoms with Crippen molar-refractivity contribution in [3.63, 3.8) is 0 Å². The lowest BCUT2D eigenvalue weighted by Gasteiger charge is -2.31. The van der Waals surface area contributed by atoms with E-state index >= 15 is 0 Å². The minimum Gasteiger partial charge on any atom is -0.315 e. The number of unbranched alkanes of at least 4 members (excludes halogenated alkanes) is 7. The van der Waals surface area contributed by atoms with Gasteiger partial charge in [0.25, 0.3) is 0 Å². The monoisotopic (exact) mass is 298 g/mol. The van der Waals surface area contributed by atoms with E-state index in [1.165, 1.54) is 70.8 Å². The Morgan fingerprint density at radius 2 is 1.29 bits per heavy atom. The van der Waals surface area contributed by atoms with Crippen LogP contribution in [0, 0.1) is 5.92 Å². The highest BCUT2D eigenvalue weighted by atomic mass is 15.1. The summed E-state index contributed by atoms with van der Waals surface area (Å²) >= 11 is 0. The second-order valence-electron chi connectivity index (χ2n) is 6.79. The van der Waals surface area contributed by atoms with E-state index in [0.717, 1.165) is 12.5 Å². The normalized spacial score (nSPS) is 13.3. The summed E-state index contributed by atoms with van der Waals surface area (Å²) in [6.07, 6.45) is 13.8. The molecule has 2 nitrogen and oxygen atoms in total. The first-order valence-electron chi connectivity index (χ1n) is 9.54. The Hall–Kier alpha value is -0.0800. The van der Waals surface area contributed by atoms with Crippen molar-refractivity contribution in [3.05, 3.63) is 0 Å². The van der Waals surface area contributed by atoms with Crippen LogP contribution in [-0.4, -0.2) is 38.1 Å². The molecule has 0 bridgehead atoms. The van der Waals surface area contributed by atoms with Gasteiger partial charge in [-0.3, -0.25) is 0 Å². The van der Waals surface area contributed by atoms with Gasteiger partial charge in [-0.25, -0.2) is 0 Å². The van der Waals surface area contributed by atoms with E-state index in [-0.39, 0.29) is 0 Å². The van der Waals surface area contributed by atoms with Crippen LogP contribution in [0.2, 0.25) is 0 Å². The van der Waals surface area contributed by atoms with Gasteiger partial charge in [-0.2, -0.15) is 0 Å². The smallest absolute Gasteiger partial charge is 0.0242 e. The molecule has 128 valence electrons. The Kier molecular flexibility index (Phi) is 14.8. The average molecular weight is 299 g/mol. The van der Waals surface area contributed by atoms with Gasteiger partial charge in [-0.15, -0.1) is 0 Å². The first-order valence-corrected chi connectivity index (χ1v) is 9.54. The lowest BCUT2D eigenvalue weighted by Crippen LogP contribution is -2.43. The molecule has 21 heavy (non-hydrogen) atoms. The van der Waals surface area contributed by atoms with Gasteiger partial charge >= 0.3 is 0 Å². The minimum absolute atomic E-state index is 0.689. The summed E-state index contributed by atoms with van der Waals surface area (Å²) in [4.78, 5) is 2.40. The van der Waals surface area contributed by atoms with Gasteiger partial charge in [0.05, 0.1) is 0 Å². The largest absolute Gasteiger partial charge is 0.315 e. The van der Waals surface area contributed by atoms with Gasteiger partial charge in [0.2, 0.25) is 0 Å². The SMILES string of the molecule is CCCCCCCCCCNCC(C(CC)CC)N(C)C. The maximum Gasteiger partial charge on any atom is 0.0242 e. The highest BCUT2D eigenvalue weighted by Gasteiger charge is 2.19. The third kappa shape index (κ3) is 11.2. The van der Waals surface area contributed by atoms with E-state index in [4.69, 9.17) is 0 Å². The minimum atomic E-state index is 0.689. The van der Waals surface area contributed by atoms with Crippen molar-refractivity contribution in [2.75, 3.05) is 27.2 Å². The average Bonchev–Trinajstić information content (AvgIpc) is 2.48. The van der Waals surface area contributed by atoms with Gasteiger partial charge < -0.3 is 10.2 Å². The zero-order valence-electron chi connectivity index (χ0n) is 15.6. The van der Waals surface area contributed by atoms with Crippen molar-refractivity contribution < 1.29 is 0 Å². The maximum atomic E-state index is 3.69. The molecule has 0 rings (SSSR count). The van der Waals surface area contributed by atoms with E-state index in [9.17, 15) is 0 Å². The molecule has 0 aromatic carbocycles. The zero-order valence-corrected chi connectivity index (χ0v) is 15.6. The van der Waals surface area contributed by atoms with Gasteiger partial charge in [-0.1, -0.05) is 78.6 Å². The Labute approximate surface area is 135 Å². The Morgan fingerprint density at radius 3 is 1.76 bits per heavy atom. The number of hydrogen-bond donors (Lipinski definition) is 1. The molecule has 0 spiro atoms. The fourth-order valence-corrected chi connectivity index (χ4v) is 3.24. The second-order valence-corrected chi connectivity index (χ2v) is 6.79. The Morgan fingerprint density at radius 1 is 0.762 bits per heavy atom. The fourth-order valence-electron chi connectivity index (χ4n) is 3.24. The summed E-state index contributed by atoms with van der Waals surface area (Å²) in [5.74, 6) is 0.825. The highest BCUT2D eigenvalue weighted by molar-refractivity contribution is 4.76. The molecule has 2 heteroatoms. The van der Waals surface area contributed by atoms with E-state index in [1.807, 2.05) is 0 Å². The van der Waals surface area contributed by atoms with Crippen molar-refractivity contribution in [1.29, 1.82) is 0 Å². The predicted octanol–water partition coefficient (Wildman–Crippen LogP) is 5.08. The molecule has 0 aliphatic heterocycles. The first kappa shape index (κ1) is 20.9. The molecule has 1 atom stereocenters. The van der Waals surface area contributed by atoms with Crippen LogP contribution in [0.3, 0.4) is 0 Å². The molecule has 0 aromatic heterocycles. The second kappa shape index (κ2) is 14.8. The van der Waals surface area contributed by atoms with Gasteiger partial charge in [-0.05, 0) is 33.0 Å². The van der Waals surface area contributed by atoms with Crippen molar-refractivity contribution in [2.24, 2.45) is 5.92 Å². The molecule has 0 amide bonds. The summed E-state index contributed by atoms with van der Waals surface area (Å²) in [6, 6.07) is 0.689. The molecule has 0 saturated heterocycles. The predicted molar refractivity (Wildman–Crippen MR) is 97.0 cm³/mol. The summed E-state index contributed by atoms with van der Waals surface area (Å²) in [5, 5.41) is 3.69. The van der Waals surface area contributed by atoms with E-state index in [2.05, 4.69) is 45.1 Å². The molecule has 1 N–H and O–H groups in total. The van der Waals surface area contributed by atoms with E-state index in [0.29, 0.717) is 6.04 Å². The van der Waals surface area contributed by atoms with Crippen LogP contribution < -0.4 is 5.32 Å². The van der Waals surface area contributed by atoms with Crippen molar-refractivity contribution in [1.82, 2.24) is 10.2 Å². The van der Waals surface area contributed by atoms with Crippen LogP contribution in [-0.2, 0) is 0 Å². The molecule has 0 aromatic rings. The first-order chi connectivity index (χ1) is 10.2. The lowest BCUT2D eigenvalue weighted by molar-refractivity contribution is 0.194.